The second-order valence-corrected chi connectivity index (χ2v) is 9.21. The van der Waals surface area contributed by atoms with Crippen molar-refractivity contribution in [3.05, 3.63) is 57.0 Å². The Labute approximate surface area is 190 Å². The van der Waals surface area contributed by atoms with E-state index in [-0.39, 0.29) is 35.3 Å². The van der Waals surface area contributed by atoms with E-state index in [4.69, 9.17) is 23.2 Å². The van der Waals surface area contributed by atoms with Crippen LogP contribution >= 0.6 is 34.5 Å². The maximum absolute atomic E-state index is 13.7. The first-order valence-electron chi connectivity index (χ1n) is 10.1. The highest BCUT2D eigenvalue weighted by molar-refractivity contribution is 7.09. The lowest BCUT2D eigenvalue weighted by Gasteiger charge is -2.32. The van der Waals surface area contributed by atoms with Crippen LogP contribution in [0.4, 0.5) is 4.39 Å². The molecule has 1 heterocycles. The number of benzene rings is 1. The van der Waals surface area contributed by atoms with Crippen molar-refractivity contribution in [1.29, 1.82) is 0 Å². The lowest BCUT2D eigenvalue weighted by atomic mass is 10.0. The Morgan fingerprint density at radius 1 is 1.20 bits per heavy atom. The molecule has 1 saturated carbocycles. The average molecular weight is 471 g/mol. The van der Waals surface area contributed by atoms with Crippen molar-refractivity contribution in [2.24, 2.45) is 0 Å². The first-order valence-corrected chi connectivity index (χ1v) is 11.9. The number of halogens is 3. The SMILES string of the molecule is O=C(NC1CCCCCC1)[C@H](c1ccc(F)cc1Cl)N(Cc1cccs1)C(=O)CCl. The number of rotatable bonds is 7. The third-order valence-corrected chi connectivity index (χ3v) is 6.78. The van der Waals surface area contributed by atoms with Crippen LogP contribution in [0.15, 0.2) is 35.7 Å². The van der Waals surface area contributed by atoms with Gasteiger partial charge in [0.2, 0.25) is 11.8 Å². The molecule has 0 aliphatic heterocycles. The van der Waals surface area contributed by atoms with E-state index in [0.29, 0.717) is 5.56 Å². The van der Waals surface area contributed by atoms with Gasteiger partial charge in [0.1, 0.15) is 17.7 Å². The Bertz CT molecular complexity index is 855. The second kappa shape index (κ2) is 11.1. The van der Waals surface area contributed by atoms with Gasteiger partial charge in [-0.25, -0.2) is 4.39 Å². The highest BCUT2D eigenvalue weighted by Gasteiger charge is 2.34. The number of nitrogens with zero attached hydrogens (tertiary/aromatic N) is 1. The lowest BCUT2D eigenvalue weighted by molar-refractivity contribution is -0.140. The summed E-state index contributed by atoms with van der Waals surface area (Å²) in [5, 5.41) is 5.13. The molecular formula is C22H25Cl2FN2O2S. The summed E-state index contributed by atoms with van der Waals surface area (Å²) in [6.07, 6.45) is 6.26. The molecule has 1 N–H and O–H groups in total. The minimum atomic E-state index is -0.991. The molecule has 30 heavy (non-hydrogen) atoms. The third kappa shape index (κ3) is 5.96. The molecule has 0 saturated heterocycles. The Balaban J connectivity index is 1.95. The van der Waals surface area contributed by atoms with Crippen LogP contribution in [0.2, 0.25) is 5.02 Å². The average Bonchev–Trinajstić information content (AvgIpc) is 3.11. The van der Waals surface area contributed by atoms with Gasteiger partial charge in [0.25, 0.3) is 0 Å². The third-order valence-electron chi connectivity index (χ3n) is 5.36. The maximum Gasteiger partial charge on any atom is 0.247 e. The van der Waals surface area contributed by atoms with Gasteiger partial charge in [-0.15, -0.1) is 22.9 Å². The molecule has 0 spiro atoms. The smallest absolute Gasteiger partial charge is 0.247 e. The summed E-state index contributed by atoms with van der Waals surface area (Å²) in [5.74, 6) is -1.46. The molecule has 1 aliphatic rings. The van der Waals surface area contributed by atoms with Gasteiger partial charge in [-0.2, -0.15) is 0 Å². The fourth-order valence-electron chi connectivity index (χ4n) is 3.85. The van der Waals surface area contributed by atoms with Gasteiger partial charge < -0.3 is 10.2 Å². The lowest BCUT2D eigenvalue weighted by Crippen LogP contribution is -2.46. The van der Waals surface area contributed by atoms with Crippen LogP contribution in [0, 0.1) is 5.82 Å². The molecule has 1 fully saturated rings. The first kappa shape index (κ1) is 23.0. The summed E-state index contributed by atoms with van der Waals surface area (Å²) in [6.45, 7) is 0.222. The Morgan fingerprint density at radius 3 is 2.53 bits per heavy atom. The first-order chi connectivity index (χ1) is 14.5. The minimum absolute atomic E-state index is 0.0522. The highest BCUT2D eigenvalue weighted by atomic mass is 35.5. The van der Waals surface area contributed by atoms with Crippen molar-refractivity contribution in [3.8, 4) is 0 Å². The summed E-state index contributed by atoms with van der Waals surface area (Å²) in [4.78, 5) is 28.6. The quantitative estimate of drug-likeness (QED) is 0.417. The fraction of sp³-hybridized carbons (Fsp3) is 0.455. The topological polar surface area (TPSA) is 49.4 Å². The zero-order chi connectivity index (χ0) is 21.5. The van der Waals surface area contributed by atoms with E-state index in [2.05, 4.69) is 5.32 Å². The molecule has 4 nitrogen and oxygen atoms in total. The highest BCUT2D eigenvalue weighted by Crippen LogP contribution is 2.31. The predicted octanol–water partition coefficient (Wildman–Crippen LogP) is 5.69. The molecule has 1 atom stereocenters. The molecule has 0 unspecified atom stereocenters. The molecule has 8 heteroatoms. The van der Waals surface area contributed by atoms with E-state index in [0.717, 1.165) is 49.5 Å². The molecule has 162 valence electrons. The number of carbonyl (C=O) groups excluding carboxylic acids is 2. The number of nitrogens with one attached hydrogen (secondary N) is 1. The molecule has 2 amide bonds. The minimum Gasteiger partial charge on any atom is -0.351 e. The van der Waals surface area contributed by atoms with E-state index in [1.54, 1.807) is 0 Å². The van der Waals surface area contributed by atoms with Crippen LogP contribution < -0.4 is 5.32 Å². The van der Waals surface area contributed by atoms with Crippen LogP contribution in [-0.4, -0.2) is 28.6 Å². The van der Waals surface area contributed by atoms with Crippen molar-refractivity contribution in [2.75, 3.05) is 5.88 Å². The van der Waals surface area contributed by atoms with Crippen LogP contribution in [0.5, 0.6) is 0 Å². The van der Waals surface area contributed by atoms with Crippen molar-refractivity contribution in [1.82, 2.24) is 10.2 Å². The van der Waals surface area contributed by atoms with Crippen molar-refractivity contribution < 1.29 is 14.0 Å². The van der Waals surface area contributed by atoms with E-state index < -0.39 is 11.9 Å². The van der Waals surface area contributed by atoms with Crippen LogP contribution in [-0.2, 0) is 16.1 Å². The molecule has 3 rings (SSSR count). The summed E-state index contributed by atoms with van der Waals surface area (Å²) >= 11 is 13.7. The number of carbonyl (C=O) groups is 2. The summed E-state index contributed by atoms with van der Waals surface area (Å²) < 4.78 is 13.7. The predicted molar refractivity (Wildman–Crippen MR) is 119 cm³/mol. The molecular weight excluding hydrogens is 446 g/mol. The van der Waals surface area contributed by atoms with Gasteiger partial charge in [0.05, 0.1) is 6.54 Å². The number of thiophene rings is 1. The van der Waals surface area contributed by atoms with E-state index in [9.17, 15) is 14.0 Å². The Kier molecular flexibility index (Phi) is 8.54. The second-order valence-electron chi connectivity index (χ2n) is 7.50. The zero-order valence-corrected chi connectivity index (χ0v) is 18.9. The van der Waals surface area contributed by atoms with Crippen molar-refractivity contribution in [2.45, 2.75) is 57.2 Å². The van der Waals surface area contributed by atoms with Gasteiger partial charge in [0.15, 0.2) is 0 Å². The Hall–Kier alpha value is -1.63. The van der Waals surface area contributed by atoms with Crippen molar-refractivity contribution >= 4 is 46.4 Å². The molecule has 1 aromatic carbocycles. The number of amides is 2. The monoisotopic (exact) mass is 470 g/mol. The molecule has 0 bridgehead atoms. The van der Waals surface area contributed by atoms with Gasteiger partial charge in [-0.3, -0.25) is 9.59 Å². The van der Waals surface area contributed by atoms with Gasteiger partial charge in [-0.05, 0) is 36.4 Å². The summed E-state index contributed by atoms with van der Waals surface area (Å²) in [6, 6.07) is 6.73. The van der Waals surface area contributed by atoms with Gasteiger partial charge in [0, 0.05) is 21.5 Å². The van der Waals surface area contributed by atoms with Crippen molar-refractivity contribution in [3.63, 3.8) is 0 Å². The normalized spacial score (nSPS) is 16.0. The van der Waals surface area contributed by atoms with E-state index >= 15 is 0 Å². The van der Waals surface area contributed by atoms with E-state index in [1.165, 1.54) is 28.4 Å². The van der Waals surface area contributed by atoms with E-state index in [1.807, 2.05) is 17.5 Å². The van der Waals surface area contributed by atoms with Gasteiger partial charge >= 0.3 is 0 Å². The molecule has 1 aliphatic carbocycles. The van der Waals surface area contributed by atoms with Crippen LogP contribution in [0.1, 0.15) is 55.0 Å². The molecule has 1 aromatic heterocycles. The maximum atomic E-state index is 13.7. The molecule has 2 aromatic rings. The number of alkyl halides is 1. The standard InChI is InChI=1S/C22H25Cl2FN2O2S/c23-13-20(28)27(14-17-8-5-11-30-17)21(18-10-9-15(25)12-19(18)24)22(29)26-16-6-3-1-2-4-7-16/h5,8-12,16,21H,1-4,6-7,13-14H2,(H,26,29)/t21-/m0/s1. The fourth-order valence-corrected chi connectivity index (χ4v) is 4.98. The van der Waals surface area contributed by atoms with Gasteiger partial charge in [-0.1, -0.05) is 49.4 Å². The van der Waals surface area contributed by atoms with Crippen LogP contribution in [0.25, 0.3) is 0 Å². The summed E-state index contributed by atoms with van der Waals surface area (Å²) in [5.41, 5.74) is 0.388. The Morgan fingerprint density at radius 2 is 1.93 bits per heavy atom. The molecule has 0 radical (unpaired) electrons. The number of hydrogen-bond acceptors (Lipinski definition) is 3. The summed E-state index contributed by atoms with van der Waals surface area (Å²) in [7, 11) is 0. The zero-order valence-electron chi connectivity index (χ0n) is 16.6. The largest absolute Gasteiger partial charge is 0.351 e. The number of hydrogen-bond donors (Lipinski definition) is 1. The van der Waals surface area contributed by atoms with Crippen LogP contribution in [0.3, 0.4) is 0 Å².